The summed E-state index contributed by atoms with van der Waals surface area (Å²) in [5.74, 6) is -0.827. The van der Waals surface area contributed by atoms with Crippen LogP contribution in [0.1, 0.15) is 55.0 Å². The van der Waals surface area contributed by atoms with Crippen molar-refractivity contribution in [1.82, 2.24) is 20.2 Å². The number of nitrogens with zero attached hydrogens (tertiary/aromatic N) is 3. The maximum absolute atomic E-state index is 13.6. The van der Waals surface area contributed by atoms with Crippen molar-refractivity contribution >= 4 is 11.8 Å². The molecule has 7 nitrogen and oxygen atoms in total. The maximum Gasteiger partial charge on any atom is 0.275 e. The van der Waals surface area contributed by atoms with Crippen LogP contribution in [0, 0.1) is 5.82 Å². The maximum atomic E-state index is 13.6. The fourth-order valence-electron chi connectivity index (χ4n) is 3.02. The van der Waals surface area contributed by atoms with Crippen LogP contribution >= 0.6 is 0 Å². The Labute approximate surface area is 180 Å². The molecule has 31 heavy (non-hydrogen) atoms. The quantitative estimate of drug-likeness (QED) is 0.593. The van der Waals surface area contributed by atoms with E-state index in [0.717, 1.165) is 0 Å². The van der Waals surface area contributed by atoms with Gasteiger partial charge in [0.1, 0.15) is 23.3 Å². The molecule has 0 aliphatic carbocycles. The van der Waals surface area contributed by atoms with Crippen LogP contribution in [0.2, 0.25) is 0 Å². The highest BCUT2D eigenvalue weighted by atomic mass is 19.1. The van der Waals surface area contributed by atoms with Crippen LogP contribution in [-0.2, 0) is 11.3 Å². The van der Waals surface area contributed by atoms with E-state index in [1.165, 1.54) is 54.0 Å². The number of benzene rings is 1. The zero-order chi connectivity index (χ0) is 22.4. The number of carbonyl (C=O) groups is 2. The number of amides is 2. The number of nitrogens with one attached hydrogen (secondary N) is 1. The molecule has 162 valence electrons. The Kier molecular flexibility index (Phi) is 6.79. The zero-order valence-corrected chi connectivity index (χ0v) is 17.7. The van der Waals surface area contributed by atoms with Crippen molar-refractivity contribution in [1.29, 1.82) is 0 Å². The van der Waals surface area contributed by atoms with Crippen LogP contribution in [0.4, 0.5) is 4.39 Å². The summed E-state index contributed by atoms with van der Waals surface area (Å²) < 4.78 is 19.0. The minimum Gasteiger partial charge on any atom is -0.467 e. The van der Waals surface area contributed by atoms with Gasteiger partial charge in [-0.25, -0.2) is 9.37 Å². The van der Waals surface area contributed by atoms with Crippen LogP contribution in [-0.4, -0.2) is 32.2 Å². The van der Waals surface area contributed by atoms with Crippen molar-refractivity contribution in [2.24, 2.45) is 0 Å². The Morgan fingerprint density at radius 3 is 2.52 bits per heavy atom. The lowest BCUT2D eigenvalue weighted by Crippen LogP contribution is -2.50. The van der Waals surface area contributed by atoms with Gasteiger partial charge in [-0.1, -0.05) is 19.1 Å². The van der Waals surface area contributed by atoms with Crippen molar-refractivity contribution in [2.45, 2.75) is 45.3 Å². The first-order chi connectivity index (χ1) is 14.8. The third-order valence-corrected chi connectivity index (χ3v) is 5.04. The summed E-state index contributed by atoms with van der Waals surface area (Å²) in [7, 11) is 0. The normalized spacial score (nSPS) is 12.3. The second kappa shape index (κ2) is 9.51. The molecule has 8 heteroatoms. The summed E-state index contributed by atoms with van der Waals surface area (Å²) in [6.45, 7) is 5.77. The monoisotopic (exact) mass is 424 g/mol. The molecular formula is C23H25FN4O3. The van der Waals surface area contributed by atoms with Crippen molar-refractivity contribution in [2.75, 3.05) is 0 Å². The van der Waals surface area contributed by atoms with Gasteiger partial charge >= 0.3 is 0 Å². The SMILES string of the molecule is CCC(C)(C)NC(=O)[C@H](c1ccc(F)cc1)N(Cc1ccco1)C(=O)c1cnccn1. The number of hydrogen-bond acceptors (Lipinski definition) is 5. The third kappa shape index (κ3) is 5.53. The lowest BCUT2D eigenvalue weighted by molar-refractivity contribution is -0.127. The van der Waals surface area contributed by atoms with Gasteiger partial charge in [-0.15, -0.1) is 0 Å². The van der Waals surface area contributed by atoms with Gasteiger partial charge in [-0.05, 0) is 50.1 Å². The predicted molar refractivity (Wildman–Crippen MR) is 112 cm³/mol. The van der Waals surface area contributed by atoms with Crippen LogP contribution < -0.4 is 5.32 Å². The number of furan rings is 1. The molecule has 0 saturated heterocycles. The van der Waals surface area contributed by atoms with Crippen LogP contribution in [0.25, 0.3) is 0 Å². The predicted octanol–water partition coefficient (Wildman–Crippen LogP) is 3.90. The Morgan fingerprint density at radius 1 is 1.19 bits per heavy atom. The summed E-state index contributed by atoms with van der Waals surface area (Å²) in [4.78, 5) is 36.3. The Morgan fingerprint density at radius 2 is 1.94 bits per heavy atom. The molecule has 0 saturated carbocycles. The summed E-state index contributed by atoms with van der Waals surface area (Å²) in [6.07, 6.45) is 6.39. The molecule has 2 heterocycles. The van der Waals surface area contributed by atoms with Gasteiger partial charge in [-0.2, -0.15) is 0 Å². The molecule has 3 rings (SSSR count). The molecule has 1 aromatic carbocycles. The molecule has 0 spiro atoms. The molecule has 0 radical (unpaired) electrons. The van der Waals surface area contributed by atoms with E-state index in [2.05, 4.69) is 15.3 Å². The summed E-state index contributed by atoms with van der Waals surface area (Å²) in [6, 6.07) is 7.90. The molecule has 0 aliphatic heterocycles. The van der Waals surface area contributed by atoms with E-state index in [1.54, 1.807) is 12.1 Å². The molecule has 0 fully saturated rings. The van der Waals surface area contributed by atoms with Crippen molar-refractivity contribution in [3.8, 4) is 0 Å². The number of carbonyl (C=O) groups excluding carboxylic acids is 2. The molecule has 1 N–H and O–H groups in total. The van der Waals surface area contributed by atoms with E-state index in [0.29, 0.717) is 17.7 Å². The lowest BCUT2D eigenvalue weighted by atomic mass is 9.98. The van der Waals surface area contributed by atoms with Gasteiger partial charge < -0.3 is 14.6 Å². The standard InChI is InChI=1S/C23H25FN4O3/c1-4-23(2,3)27-21(29)20(16-7-9-17(24)10-8-16)28(15-18-6-5-13-31-18)22(30)19-14-25-11-12-26-19/h5-14,20H,4,15H2,1-3H3,(H,27,29)/t20-/m0/s1. The third-order valence-electron chi connectivity index (χ3n) is 5.04. The minimum absolute atomic E-state index is 0.0183. The van der Waals surface area contributed by atoms with E-state index in [1.807, 2.05) is 20.8 Å². The highest BCUT2D eigenvalue weighted by Crippen LogP contribution is 2.27. The average Bonchev–Trinajstić information content (AvgIpc) is 3.27. The van der Waals surface area contributed by atoms with Crippen molar-refractivity contribution in [3.63, 3.8) is 0 Å². The van der Waals surface area contributed by atoms with Gasteiger partial charge in [0.2, 0.25) is 5.91 Å². The van der Waals surface area contributed by atoms with E-state index in [4.69, 9.17) is 4.42 Å². The van der Waals surface area contributed by atoms with E-state index in [9.17, 15) is 14.0 Å². The Balaban J connectivity index is 2.07. The molecule has 1 atom stereocenters. The summed E-state index contributed by atoms with van der Waals surface area (Å²) in [5.41, 5.74) is 0.0553. The number of rotatable bonds is 8. The topological polar surface area (TPSA) is 88.3 Å². The fraction of sp³-hybridized carbons (Fsp3) is 0.304. The summed E-state index contributed by atoms with van der Waals surface area (Å²) >= 11 is 0. The number of halogens is 1. The van der Waals surface area contributed by atoms with Gasteiger partial charge in [-0.3, -0.25) is 14.6 Å². The van der Waals surface area contributed by atoms with Crippen molar-refractivity contribution < 1.29 is 18.4 Å². The number of hydrogen-bond donors (Lipinski definition) is 1. The summed E-state index contributed by atoms with van der Waals surface area (Å²) in [5, 5.41) is 2.99. The smallest absolute Gasteiger partial charge is 0.275 e. The minimum atomic E-state index is -1.04. The van der Waals surface area contributed by atoms with Gasteiger partial charge in [0.05, 0.1) is 19.0 Å². The van der Waals surface area contributed by atoms with Crippen LogP contribution in [0.15, 0.2) is 65.7 Å². The van der Waals surface area contributed by atoms with Crippen LogP contribution in [0.5, 0.6) is 0 Å². The molecule has 2 aromatic heterocycles. The highest BCUT2D eigenvalue weighted by molar-refractivity contribution is 5.96. The molecule has 3 aromatic rings. The first-order valence-corrected chi connectivity index (χ1v) is 9.97. The van der Waals surface area contributed by atoms with Gasteiger partial charge in [0.25, 0.3) is 5.91 Å². The molecule has 0 bridgehead atoms. The second-order valence-electron chi connectivity index (χ2n) is 7.78. The molecule has 0 unspecified atom stereocenters. The molecule has 2 amide bonds. The lowest BCUT2D eigenvalue weighted by Gasteiger charge is -2.34. The van der Waals surface area contributed by atoms with Gasteiger partial charge in [0.15, 0.2) is 0 Å². The number of aromatic nitrogens is 2. The highest BCUT2D eigenvalue weighted by Gasteiger charge is 2.35. The van der Waals surface area contributed by atoms with E-state index < -0.39 is 23.3 Å². The second-order valence-corrected chi connectivity index (χ2v) is 7.78. The largest absolute Gasteiger partial charge is 0.467 e. The Bertz CT molecular complexity index is 1010. The first-order valence-electron chi connectivity index (χ1n) is 9.97. The van der Waals surface area contributed by atoms with E-state index in [-0.39, 0.29) is 18.1 Å². The average molecular weight is 424 g/mol. The van der Waals surface area contributed by atoms with Crippen molar-refractivity contribution in [3.05, 3.63) is 84.1 Å². The molecule has 0 aliphatic rings. The fourth-order valence-corrected chi connectivity index (χ4v) is 3.02. The van der Waals surface area contributed by atoms with Crippen LogP contribution in [0.3, 0.4) is 0 Å². The molecular weight excluding hydrogens is 399 g/mol. The van der Waals surface area contributed by atoms with E-state index >= 15 is 0 Å². The first kappa shape index (κ1) is 22.1. The zero-order valence-electron chi connectivity index (χ0n) is 17.7. The Hall–Kier alpha value is -3.55. The van der Waals surface area contributed by atoms with Gasteiger partial charge in [0, 0.05) is 17.9 Å².